The molecule has 1 saturated heterocycles. The highest BCUT2D eigenvalue weighted by molar-refractivity contribution is 6.33. The summed E-state index contributed by atoms with van der Waals surface area (Å²) in [5.41, 5.74) is 3.93. The number of nitrogens with one attached hydrogen (secondary N) is 1. The van der Waals surface area contributed by atoms with Crippen LogP contribution in [0.1, 0.15) is 40.7 Å². The molecule has 3 aliphatic rings. The quantitative estimate of drug-likeness (QED) is 0.828. The number of nitrogens with zero attached hydrogens (tertiary/aromatic N) is 2. The Morgan fingerprint density at radius 2 is 2.14 bits per heavy atom. The summed E-state index contributed by atoms with van der Waals surface area (Å²) in [4.78, 5) is 18.8. The Kier molecular flexibility index (Phi) is 4.96. The summed E-state index contributed by atoms with van der Waals surface area (Å²) in [6.07, 6.45) is 6.59. The molecule has 2 fully saturated rings. The zero-order chi connectivity index (χ0) is 19.8. The van der Waals surface area contributed by atoms with Crippen LogP contribution in [0.25, 0.3) is 0 Å². The van der Waals surface area contributed by atoms with Crippen LogP contribution < -0.4 is 5.32 Å². The van der Waals surface area contributed by atoms with Crippen LogP contribution in [0.15, 0.2) is 36.5 Å². The normalized spacial score (nSPS) is 25.6. The average Bonchev–Trinajstić information content (AvgIpc) is 3.46. The number of halogens is 1. The average molecular weight is 412 g/mol. The van der Waals surface area contributed by atoms with Crippen molar-refractivity contribution in [2.75, 3.05) is 38.2 Å². The number of pyridine rings is 1. The van der Waals surface area contributed by atoms with Crippen LogP contribution in [0.2, 0.25) is 5.02 Å². The van der Waals surface area contributed by atoms with Gasteiger partial charge >= 0.3 is 0 Å². The van der Waals surface area contributed by atoms with E-state index in [1.807, 2.05) is 0 Å². The number of rotatable bonds is 4. The molecule has 1 amide bonds. The SMILES string of the molecule is O=C(c1cnc(NCC2CC23CCCc2ccccc23)c(Cl)c1)N1CCOCC1. The standard InChI is InChI=1S/C23H26ClN3O2/c24-20-12-17(22(28)27-8-10-29-11-9-27)14-25-21(20)26-15-18-13-23(18)7-3-5-16-4-1-2-6-19(16)23/h1-2,4,6,12,14,18H,3,5,7-11,13,15H2,(H,25,26). The molecule has 5 rings (SSSR count). The van der Waals surface area contributed by atoms with E-state index in [-0.39, 0.29) is 5.91 Å². The molecule has 2 heterocycles. The molecule has 152 valence electrons. The predicted molar refractivity (Wildman–Crippen MR) is 114 cm³/mol. The monoisotopic (exact) mass is 411 g/mol. The first kappa shape index (κ1) is 18.9. The maximum atomic E-state index is 12.6. The first-order chi connectivity index (χ1) is 14.2. The summed E-state index contributed by atoms with van der Waals surface area (Å²) in [5, 5.41) is 3.94. The highest BCUT2D eigenvalue weighted by atomic mass is 35.5. The Bertz CT molecular complexity index is 928. The van der Waals surface area contributed by atoms with Gasteiger partial charge in [-0.25, -0.2) is 4.98 Å². The number of anilines is 1. The van der Waals surface area contributed by atoms with Gasteiger partial charge in [-0.05, 0) is 48.8 Å². The fraction of sp³-hybridized carbons (Fsp3) is 0.478. The third-order valence-corrected chi connectivity index (χ3v) is 7.05. The van der Waals surface area contributed by atoms with E-state index in [1.165, 1.54) is 31.2 Å². The van der Waals surface area contributed by atoms with Gasteiger partial charge in [-0.1, -0.05) is 35.9 Å². The first-order valence-electron chi connectivity index (χ1n) is 10.5. The van der Waals surface area contributed by atoms with Crippen LogP contribution in [0.3, 0.4) is 0 Å². The van der Waals surface area contributed by atoms with Gasteiger partial charge in [0.25, 0.3) is 5.91 Å². The van der Waals surface area contributed by atoms with Crippen LogP contribution in [0.5, 0.6) is 0 Å². The number of morpholine rings is 1. The minimum absolute atomic E-state index is 0.0331. The van der Waals surface area contributed by atoms with E-state index in [1.54, 1.807) is 22.7 Å². The molecule has 1 spiro atoms. The Morgan fingerprint density at radius 1 is 1.31 bits per heavy atom. The van der Waals surface area contributed by atoms with E-state index in [0.717, 1.165) is 6.54 Å². The topological polar surface area (TPSA) is 54.5 Å². The minimum atomic E-state index is -0.0331. The lowest BCUT2D eigenvalue weighted by atomic mass is 9.78. The summed E-state index contributed by atoms with van der Waals surface area (Å²) < 4.78 is 5.31. The lowest BCUT2D eigenvalue weighted by molar-refractivity contribution is 0.0302. The molecule has 1 aromatic carbocycles. The number of hydrogen-bond donors (Lipinski definition) is 1. The highest BCUT2D eigenvalue weighted by Gasteiger charge is 2.56. The molecule has 2 atom stereocenters. The Morgan fingerprint density at radius 3 is 2.97 bits per heavy atom. The zero-order valence-electron chi connectivity index (χ0n) is 16.5. The van der Waals surface area contributed by atoms with Crippen LogP contribution in [0, 0.1) is 5.92 Å². The van der Waals surface area contributed by atoms with Crippen molar-refractivity contribution in [3.8, 4) is 0 Å². The summed E-state index contributed by atoms with van der Waals surface area (Å²) in [7, 11) is 0. The van der Waals surface area contributed by atoms with Gasteiger partial charge in [-0.15, -0.1) is 0 Å². The molecule has 1 aromatic heterocycles. The zero-order valence-corrected chi connectivity index (χ0v) is 17.3. The largest absolute Gasteiger partial charge is 0.378 e. The first-order valence-corrected chi connectivity index (χ1v) is 10.9. The molecule has 6 heteroatoms. The maximum absolute atomic E-state index is 12.6. The van der Waals surface area contributed by atoms with Gasteiger partial charge in [0.1, 0.15) is 5.82 Å². The predicted octanol–water partition coefficient (Wildman–Crippen LogP) is 3.91. The van der Waals surface area contributed by atoms with Gasteiger partial charge in [0.15, 0.2) is 0 Å². The Hall–Kier alpha value is -2.11. The van der Waals surface area contributed by atoms with Gasteiger partial charge in [-0.3, -0.25) is 4.79 Å². The second kappa shape index (κ2) is 7.62. The van der Waals surface area contributed by atoms with Crippen molar-refractivity contribution in [2.24, 2.45) is 5.92 Å². The molecule has 2 aromatic rings. The maximum Gasteiger partial charge on any atom is 0.255 e. The number of fused-ring (bicyclic) bond motifs is 2. The molecule has 1 saturated carbocycles. The third kappa shape index (κ3) is 3.51. The molecule has 1 aliphatic heterocycles. The smallest absolute Gasteiger partial charge is 0.255 e. The minimum Gasteiger partial charge on any atom is -0.378 e. The van der Waals surface area contributed by atoms with Crippen LogP contribution in [-0.4, -0.2) is 48.6 Å². The van der Waals surface area contributed by atoms with Crippen molar-refractivity contribution in [3.05, 3.63) is 58.2 Å². The molecule has 29 heavy (non-hydrogen) atoms. The molecule has 2 aliphatic carbocycles. The van der Waals surface area contributed by atoms with E-state index in [4.69, 9.17) is 16.3 Å². The number of benzene rings is 1. The summed E-state index contributed by atoms with van der Waals surface area (Å²) in [6, 6.07) is 10.6. The lowest BCUT2D eigenvalue weighted by Gasteiger charge is -2.27. The fourth-order valence-electron chi connectivity index (χ4n) is 5.09. The number of carbonyl (C=O) groups excluding carboxylic acids is 1. The highest BCUT2D eigenvalue weighted by Crippen LogP contribution is 2.60. The van der Waals surface area contributed by atoms with E-state index in [0.29, 0.717) is 54.0 Å². The molecular formula is C23H26ClN3O2. The molecule has 0 radical (unpaired) electrons. The number of hydrogen-bond acceptors (Lipinski definition) is 4. The number of aromatic nitrogens is 1. The van der Waals surface area contributed by atoms with Gasteiger partial charge < -0.3 is 15.0 Å². The lowest BCUT2D eigenvalue weighted by Crippen LogP contribution is -2.40. The number of amides is 1. The second-order valence-corrected chi connectivity index (χ2v) is 8.81. The fourth-order valence-corrected chi connectivity index (χ4v) is 5.32. The van der Waals surface area contributed by atoms with Gasteiger partial charge in [0, 0.05) is 31.2 Å². The summed E-state index contributed by atoms with van der Waals surface area (Å²) >= 11 is 6.45. The van der Waals surface area contributed by atoms with Crippen molar-refractivity contribution in [1.29, 1.82) is 0 Å². The van der Waals surface area contributed by atoms with Crippen molar-refractivity contribution in [3.63, 3.8) is 0 Å². The number of aryl methyl sites for hydroxylation is 1. The molecule has 1 N–H and O–H groups in total. The van der Waals surface area contributed by atoms with E-state index < -0.39 is 0 Å². The second-order valence-electron chi connectivity index (χ2n) is 8.41. The molecule has 5 nitrogen and oxygen atoms in total. The van der Waals surface area contributed by atoms with E-state index in [9.17, 15) is 4.79 Å². The Balaban J connectivity index is 1.24. The van der Waals surface area contributed by atoms with E-state index >= 15 is 0 Å². The molecule has 0 bridgehead atoms. The van der Waals surface area contributed by atoms with Gasteiger partial charge in [0.2, 0.25) is 0 Å². The summed E-state index contributed by atoms with van der Waals surface area (Å²) in [6.45, 7) is 3.25. The van der Waals surface area contributed by atoms with Crippen molar-refractivity contribution in [2.45, 2.75) is 31.1 Å². The third-order valence-electron chi connectivity index (χ3n) is 6.76. The van der Waals surface area contributed by atoms with Crippen molar-refractivity contribution < 1.29 is 9.53 Å². The van der Waals surface area contributed by atoms with Crippen molar-refractivity contribution in [1.82, 2.24) is 9.88 Å². The van der Waals surface area contributed by atoms with Gasteiger partial charge in [-0.2, -0.15) is 0 Å². The number of carbonyl (C=O) groups is 1. The molecule has 2 unspecified atom stereocenters. The Labute approximate surface area is 176 Å². The van der Waals surface area contributed by atoms with Gasteiger partial charge in [0.05, 0.1) is 23.8 Å². The summed E-state index contributed by atoms with van der Waals surface area (Å²) in [5.74, 6) is 1.24. The molecular weight excluding hydrogens is 386 g/mol. The van der Waals surface area contributed by atoms with Crippen LogP contribution >= 0.6 is 11.6 Å². The van der Waals surface area contributed by atoms with Crippen LogP contribution in [-0.2, 0) is 16.6 Å². The van der Waals surface area contributed by atoms with Crippen LogP contribution in [0.4, 0.5) is 5.82 Å². The number of ether oxygens (including phenoxy) is 1. The van der Waals surface area contributed by atoms with Crippen molar-refractivity contribution >= 4 is 23.3 Å². The van der Waals surface area contributed by atoms with E-state index in [2.05, 4.69) is 34.6 Å².